The molecule has 14 heavy (non-hydrogen) atoms. The van der Waals surface area contributed by atoms with Crippen LogP contribution in [0.25, 0.3) is 0 Å². The van der Waals surface area contributed by atoms with Gasteiger partial charge in [-0.05, 0) is 0 Å². The second kappa shape index (κ2) is 6.12. The summed E-state index contributed by atoms with van der Waals surface area (Å²) in [6.07, 6.45) is 1.89. The van der Waals surface area contributed by atoms with Crippen molar-refractivity contribution in [2.45, 2.75) is 42.5 Å². The summed E-state index contributed by atoms with van der Waals surface area (Å²) < 4.78 is 7.99. The molecule has 0 fully saturated rings. The van der Waals surface area contributed by atoms with Gasteiger partial charge in [-0.15, -0.1) is 0 Å². The van der Waals surface area contributed by atoms with Gasteiger partial charge in [-0.2, -0.15) is 0 Å². The Morgan fingerprint density at radius 2 is 1.71 bits per heavy atom. The van der Waals surface area contributed by atoms with Crippen molar-refractivity contribution in [3.8, 4) is 6.26 Å². The molecule has 0 rings (SSSR count). The average molecular weight is 330 g/mol. The Balaban J connectivity index is 4.95. The molecule has 0 aliphatic carbocycles. The number of hydrogen-bond acceptors (Lipinski definition) is 2. The van der Waals surface area contributed by atoms with E-state index in [1.165, 1.54) is 4.43 Å². The third-order valence-electron chi connectivity index (χ3n) is 2.55. The summed E-state index contributed by atoms with van der Waals surface area (Å²) in [6.45, 7) is 13.6. The Hall–Kier alpha value is 0.450. The van der Waals surface area contributed by atoms with Crippen LogP contribution in [0.4, 0.5) is 0 Å². The van der Waals surface area contributed by atoms with Crippen LogP contribution in [0.15, 0.2) is 0 Å². The van der Waals surface area contributed by atoms with E-state index in [4.69, 9.17) is 9.79 Å². The normalized spacial score (nSPS) is 15.4. The van der Waals surface area contributed by atoms with Crippen molar-refractivity contribution >= 4 is 5.79 Å². The van der Waals surface area contributed by atoms with Gasteiger partial charge in [0.05, 0.1) is 0 Å². The van der Waals surface area contributed by atoms with Crippen LogP contribution in [0.2, 0.25) is 0 Å². The average Bonchev–Trinajstić information content (AvgIpc) is 2.05. The van der Waals surface area contributed by atoms with Crippen molar-refractivity contribution < 1.29 is 22.4 Å². The third-order valence-corrected chi connectivity index (χ3v) is 29.9. The molecule has 0 aliphatic heterocycles. The van der Waals surface area contributed by atoms with Crippen LogP contribution in [-0.4, -0.2) is 18.9 Å². The second-order valence-corrected chi connectivity index (χ2v) is 23.8. The van der Waals surface area contributed by atoms with Crippen LogP contribution >= 0.6 is 5.79 Å². The van der Waals surface area contributed by atoms with Gasteiger partial charge in [-0.25, -0.2) is 0 Å². The van der Waals surface area contributed by atoms with E-state index in [9.17, 15) is 0 Å². The van der Waals surface area contributed by atoms with E-state index in [0.29, 0.717) is 0 Å². The molecule has 0 saturated heterocycles. The van der Waals surface area contributed by atoms with Crippen LogP contribution in [0.1, 0.15) is 34.6 Å². The van der Waals surface area contributed by atoms with E-state index >= 15 is 0 Å². The van der Waals surface area contributed by atoms with Crippen LogP contribution in [0.5, 0.6) is 0 Å². The maximum atomic E-state index is 8.63. The van der Waals surface area contributed by atoms with Gasteiger partial charge in [-0.3, -0.25) is 0 Å². The molecule has 1 atom stereocenters. The van der Waals surface area contributed by atoms with Gasteiger partial charge in [0.25, 0.3) is 0 Å². The van der Waals surface area contributed by atoms with E-state index in [1.54, 1.807) is 0 Å². The molecule has 0 N–H and O–H groups in total. The minimum absolute atomic E-state index is 0.488. The van der Waals surface area contributed by atoms with E-state index in [2.05, 4.69) is 41.3 Å². The molecule has 0 spiro atoms. The van der Waals surface area contributed by atoms with Gasteiger partial charge in [-0.1, -0.05) is 0 Å². The fourth-order valence-corrected chi connectivity index (χ4v) is 23.7. The van der Waals surface area contributed by atoms with Crippen molar-refractivity contribution in [3.63, 3.8) is 0 Å². The monoisotopic (exact) mass is 330 g/mol. The van der Waals surface area contributed by atoms with Crippen molar-refractivity contribution in [1.82, 2.24) is 0 Å². The number of hydrogen-bond donors (Lipinski definition) is 0. The molecule has 1 unspecified atom stereocenters. The van der Waals surface area contributed by atoms with E-state index in [0.717, 1.165) is 7.85 Å². The SMILES string of the molecule is CC[I-](C(C)C)(C(C)C)P(C)OC#N. The molecular weight excluding hydrogens is 308 g/mol. The Morgan fingerprint density at radius 3 is 1.93 bits per heavy atom. The van der Waals surface area contributed by atoms with E-state index in [-0.39, 0.29) is 0 Å². The summed E-state index contributed by atoms with van der Waals surface area (Å²) in [6, 6.07) is 0. The summed E-state index contributed by atoms with van der Waals surface area (Å²) >= 11 is -1.90. The first kappa shape index (κ1) is 14.5. The standard InChI is InChI=1S/C10H22INOP/c1-7-11(9(2)3,10(4)5)14(6)13-8-12/h9-10H,7H2,1-6H3/q-1. The Labute approximate surface area is 93.1 Å². The van der Waals surface area contributed by atoms with Crippen molar-refractivity contribution in [3.05, 3.63) is 0 Å². The Morgan fingerprint density at radius 1 is 1.29 bits per heavy atom. The summed E-state index contributed by atoms with van der Waals surface area (Å²) in [7, 11) is 0. The summed E-state index contributed by atoms with van der Waals surface area (Å²) in [5, 5.41) is 8.63. The zero-order valence-electron chi connectivity index (χ0n) is 10.0. The first-order chi connectivity index (χ1) is 6.43. The number of halogens is 1. The van der Waals surface area contributed by atoms with E-state index < -0.39 is 23.7 Å². The minimum atomic E-state index is -1.90. The van der Waals surface area contributed by atoms with Crippen LogP contribution in [0.3, 0.4) is 0 Å². The van der Waals surface area contributed by atoms with Gasteiger partial charge in [0.15, 0.2) is 0 Å². The summed E-state index contributed by atoms with van der Waals surface area (Å²) in [5.41, 5.74) is 0. The van der Waals surface area contributed by atoms with Gasteiger partial charge >= 0.3 is 93.3 Å². The number of rotatable bonds is 5. The van der Waals surface area contributed by atoms with Crippen LogP contribution < -0.4 is 17.9 Å². The van der Waals surface area contributed by atoms with Crippen molar-refractivity contribution in [1.29, 1.82) is 5.26 Å². The van der Waals surface area contributed by atoms with Gasteiger partial charge in [0.2, 0.25) is 0 Å². The maximum absolute atomic E-state index is 8.63. The molecule has 0 aromatic rings. The van der Waals surface area contributed by atoms with E-state index in [1.807, 2.05) is 6.26 Å². The molecule has 0 bridgehead atoms. The van der Waals surface area contributed by atoms with Gasteiger partial charge < -0.3 is 0 Å². The summed E-state index contributed by atoms with van der Waals surface area (Å²) in [4.78, 5) is 0. The third kappa shape index (κ3) is 2.73. The molecule has 0 heterocycles. The number of nitriles is 1. The number of alkyl halides is 3. The molecule has 0 aliphatic rings. The quantitative estimate of drug-likeness (QED) is 0.317. The second-order valence-electron chi connectivity index (χ2n) is 3.65. The predicted octanol–water partition coefficient (Wildman–Crippen LogP) is 0.423. The molecule has 0 radical (unpaired) electrons. The predicted molar refractivity (Wildman–Crippen MR) is 60.4 cm³/mol. The molecular formula is C10H22INOP-. The first-order valence-electron chi connectivity index (χ1n) is 4.95. The molecule has 0 aromatic carbocycles. The Bertz CT molecular complexity index is 205. The van der Waals surface area contributed by atoms with Crippen LogP contribution in [0, 0.1) is 11.5 Å². The molecule has 4 heteroatoms. The van der Waals surface area contributed by atoms with Crippen molar-refractivity contribution in [2.24, 2.45) is 0 Å². The zero-order valence-corrected chi connectivity index (χ0v) is 13.1. The summed E-state index contributed by atoms with van der Waals surface area (Å²) in [5.74, 6) is -0.488. The molecule has 0 amide bonds. The Kier molecular flexibility index (Phi) is 6.32. The van der Waals surface area contributed by atoms with Gasteiger partial charge in [0.1, 0.15) is 0 Å². The molecule has 0 saturated carbocycles. The van der Waals surface area contributed by atoms with Crippen LogP contribution in [-0.2, 0) is 4.52 Å². The fraction of sp³-hybridized carbons (Fsp3) is 0.900. The molecule has 2 nitrogen and oxygen atoms in total. The molecule has 0 aromatic heterocycles. The van der Waals surface area contributed by atoms with Gasteiger partial charge in [0, 0.05) is 0 Å². The number of nitrogens with zero attached hydrogens (tertiary/aromatic N) is 1. The zero-order chi connectivity index (χ0) is 11.4. The topological polar surface area (TPSA) is 33.0 Å². The van der Waals surface area contributed by atoms with Crippen molar-refractivity contribution in [2.75, 3.05) is 11.1 Å². The molecule has 86 valence electrons. The first-order valence-corrected chi connectivity index (χ1v) is 13.5. The fourth-order valence-electron chi connectivity index (χ4n) is 1.96.